The van der Waals surface area contributed by atoms with Crippen molar-refractivity contribution in [3.8, 4) is 17.6 Å². The Morgan fingerprint density at radius 3 is 2.68 bits per heavy atom. The summed E-state index contributed by atoms with van der Waals surface area (Å²) in [4.78, 5) is 0. The second-order valence-corrected chi connectivity index (χ2v) is 5.05. The van der Waals surface area contributed by atoms with Gasteiger partial charge in [0.2, 0.25) is 0 Å². The minimum Gasteiger partial charge on any atom is -0.493 e. The summed E-state index contributed by atoms with van der Waals surface area (Å²) in [5, 5.41) is 12.5. The molecule has 1 N–H and O–H groups in total. The summed E-state index contributed by atoms with van der Waals surface area (Å²) >= 11 is 0. The number of rotatable bonds is 6. The molecule has 0 saturated heterocycles. The van der Waals surface area contributed by atoms with Crippen LogP contribution in [0.25, 0.3) is 0 Å². The molecule has 1 aromatic rings. The molecule has 102 valence electrons. The largest absolute Gasteiger partial charge is 0.493 e. The first-order chi connectivity index (χ1) is 9.15. The molecule has 0 heterocycles. The number of nitrogens with zero attached hydrogens (tertiary/aromatic N) is 1. The number of aryl methyl sites for hydroxylation is 1. The van der Waals surface area contributed by atoms with Gasteiger partial charge in [0.05, 0.1) is 13.2 Å². The summed E-state index contributed by atoms with van der Waals surface area (Å²) in [6.07, 6.45) is 2.17. The quantitative estimate of drug-likeness (QED) is 0.852. The molecule has 0 amide bonds. The van der Waals surface area contributed by atoms with Crippen LogP contribution in [-0.2, 0) is 0 Å². The standard InChI is InChI=1S/C15H20N2O2/c1-11-4-7-13(14(8-11)18-3)19-10-15(9-16,17-2)12-5-6-12/h4,7-8,12,17H,5-6,10H2,1-3H3. The lowest BCUT2D eigenvalue weighted by atomic mass is 9.96. The third-order valence-corrected chi connectivity index (χ3v) is 3.69. The van der Waals surface area contributed by atoms with Gasteiger partial charge in [-0.15, -0.1) is 0 Å². The fourth-order valence-corrected chi connectivity index (χ4v) is 2.24. The first kappa shape index (κ1) is 13.7. The van der Waals surface area contributed by atoms with Gasteiger partial charge >= 0.3 is 0 Å². The molecular weight excluding hydrogens is 240 g/mol. The van der Waals surface area contributed by atoms with Gasteiger partial charge in [-0.1, -0.05) is 6.07 Å². The topological polar surface area (TPSA) is 54.3 Å². The Bertz CT molecular complexity index is 491. The fourth-order valence-electron chi connectivity index (χ4n) is 2.24. The van der Waals surface area contributed by atoms with E-state index in [0.29, 0.717) is 24.0 Å². The third-order valence-electron chi connectivity index (χ3n) is 3.69. The third kappa shape index (κ3) is 2.82. The predicted molar refractivity (Wildman–Crippen MR) is 73.4 cm³/mol. The first-order valence-electron chi connectivity index (χ1n) is 6.53. The lowest BCUT2D eigenvalue weighted by molar-refractivity contribution is 0.204. The van der Waals surface area contributed by atoms with Crippen LogP contribution in [-0.4, -0.2) is 26.3 Å². The van der Waals surface area contributed by atoms with Crippen molar-refractivity contribution in [2.24, 2.45) is 5.92 Å². The van der Waals surface area contributed by atoms with E-state index in [0.717, 1.165) is 18.4 Å². The highest BCUT2D eigenvalue weighted by Crippen LogP contribution is 2.40. The predicted octanol–water partition coefficient (Wildman–Crippen LogP) is 2.27. The van der Waals surface area contributed by atoms with E-state index in [1.165, 1.54) is 0 Å². The highest BCUT2D eigenvalue weighted by Gasteiger charge is 2.45. The normalized spacial score (nSPS) is 17.4. The Morgan fingerprint density at radius 1 is 1.42 bits per heavy atom. The van der Waals surface area contributed by atoms with Crippen molar-refractivity contribution >= 4 is 0 Å². The van der Waals surface area contributed by atoms with E-state index >= 15 is 0 Å². The van der Waals surface area contributed by atoms with Gasteiger partial charge in [0, 0.05) is 0 Å². The molecule has 2 rings (SSSR count). The second-order valence-electron chi connectivity index (χ2n) is 5.05. The minimum absolute atomic E-state index is 0.337. The van der Waals surface area contributed by atoms with Crippen LogP contribution in [0.2, 0.25) is 0 Å². The molecule has 1 aromatic carbocycles. The van der Waals surface area contributed by atoms with Crippen LogP contribution in [0.3, 0.4) is 0 Å². The monoisotopic (exact) mass is 260 g/mol. The smallest absolute Gasteiger partial charge is 0.161 e. The van der Waals surface area contributed by atoms with E-state index in [4.69, 9.17) is 9.47 Å². The van der Waals surface area contributed by atoms with Gasteiger partial charge in [0.1, 0.15) is 12.1 Å². The Kier molecular flexibility index (Phi) is 3.96. The highest BCUT2D eigenvalue weighted by atomic mass is 16.5. The molecule has 1 atom stereocenters. The Hall–Kier alpha value is -1.73. The number of methoxy groups -OCH3 is 1. The SMILES string of the molecule is CNC(C#N)(COc1ccc(C)cc1OC)C1CC1. The first-order valence-corrected chi connectivity index (χ1v) is 6.53. The number of hydrogen-bond donors (Lipinski definition) is 1. The zero-order valence-corrected chi connectivity index (χ0v) is 11.7. The van der Waals surface area contributed by atoms with Crippen molar-refractivity contribution in [3.05, 3.63) is 23.8 Å². The number of ether oxygens (including phenoxy) is 2. The van der Waals surface area contributed by atoms with Gasteiger partial charge in [-0.2, -0.15) is 5.26 Å². The lowest BCUT2D eigenvalue weighted by Crippen LogP contribution is -2.49. The molecule has 1 aliphatic carbocycles. The Labute approximate surface area is 114 Å². The maximum atomic E-state index is 9.41. The molecule has 1 unspecified atom stereocenters. The molecule has 0 radical (unpaired) electrons. The maximum Gasteiger partial charge on any atom is 0.161 e. The van der Waals surface area contributed by atoms with Crippen LogP contribution in [0.1, 0.15) is 18.4 Å². The van der Waals surface area contributed by atoms with Crippen molar-refractivity contribution in [2.45, 2.75) is 25.3 Å². The van der Waals surface area contributed by atoms with Crippen LogP contribution in [0, 0.1) is 24.2 Å². The van der Waals surface area contributed by atoms with Crippen LogP contribution in [0.5, 0.6) is 11.5 Å². The van der Waals surface area contributed by atoms with Crippen molar-refractivity contribution in [1.82, 2.24) is 5.32 Å². The number of hydrogen-bond acceptors (Lipinski definition) is 4. The van der Waals surface area contributed by atoms with Gasteiger partial charge in [0.25, 0.3) is 0 Å². The molecule has 0 bridgehead atoms. The molecule has 1 saturated carbocycles. The van der Waals surface area contributed by atoms with Gasteiger partial charge in [0.15, 0.2) is 11.5 Å². The Morgan fingerprint density at radius 2 is 2.16 bits per heavy atom. The molecule has 0 aromatic heterocycles. The van der Waals surface area contributed by atoms with Crippen LogP contribution in [0.15, 0.2) is 18.2 Å². The van der Waals surface area contributed by atoms with E-state index in [9.17, 15) is 5.26 Å². The summed E-state index contributed by atoms with van der Waals surface area (Å²) in [5.74, 6) is 1.78. The maximum absolute atomic E-state index is 9.41. The zero-order valence-electron chi connectivity index (χ0n) is 11.7. The summed E-state index contributed by atoms with van der Waals surface area (Å²) in [6, 6.07) is 8.16. The summed E-state index contributed by atoms with van der Waals surface area (Å²) < 4.78 is 11.1. The number of benzene rings is 1. The summed E-state index contributed by atoms with van der Waals surface area (Å²) in [5.41, 5.74) is 0.530. The Balaban J connectivity index is 2.11. The van der Waals surface area contributed by atoms with E-state index in [2.05, 4.69) is 11.4 Å². The molecule has 1 fully saturated rings. The summed E-state index contributed by atoms with van der Waals surface area (Å²) in [6.45, 7) is 2.34. The van der Waals surface area contributed by atoms with Gasteiger partial charge < -0.3 is 9.47 Å². The highest BCUT2D eigenvalue weighted by molar-refractivity contribution is 5.42. The lowest BCUT2D eigenvalue weighted by Gasteiger charge is -2.26. The van der Waals surface area contributed by atoms with E-state index < -0.39 is 5.54 Å². The van der Waals surface area contributed by atoms with Gasteiger partial charge in [-0.3, -0.25) is 5.32 Å². The number of nitriles is 1. The van der Waals surface area contributed by atoms with Crippen molar-refractivity contribution in [2.75, 3.05) is 20.8 Å². The average Bonchev–Trinajstić information content (AvgIpc) is 3.26. The molecule has 19 heavy (non-hydrogen) atoms. The minimum atomic E-state index is -0.587. The van der Waals surface area contributed by atoms with Crippen molar-refractivity contribution in [1.29, 1.82) is 5.26 Å². The molecule has 4 heteroatoms. The van der Waals surface area contributed by atoms with Gasteiger partial charge in [-0.05, 0) is 50.4 Å². The molecule has 0 spiro atoms. The summed E-state index contributed by atoms with van der Waals surface area (Å²) in [7, 11) is 3.44. The molecule has 1 aliphatic rings. The van der Waals surface area contributed by atoms with Crippen molar-refractivity contribution in [3.63, 3.8) is 0 Å². The molecule has 4 nitrogen and oxygen atoms in total. The van der Waals surface area contributed by atoms with Crippen LogP contribution < -0.4 is 14.8 Å². The van der Waals surface area contributed by atoms with Crippen molar-refractivity contribution < 1.29 is 9.47 Å². The number of nitrogens with one attached hydrogen (secondary N) is 1. The average molecular weight is 260 g/mol. The van der Waals surface area contributed by atoms with Gasteiger partial charge in [-0.25, -0.2) is 0 Å². The zero-order chi connectivity index (χ0) is 13.9. The second kappa shape index (κ2) is 5.50. The molecule has 0 aliphatic heterocycles. The van der Waals surface area contributed by atoms with E-state index in [1.54, 1.807) is 7.11 Å². The number of likely N-dealkylation sites (N-methyl/N-ethyl adjacent to an activating group) is 1. The molecular formula is C15H20N2O2. The fraction of sp³-hybridized carbons (Fsp3) is 0.533. The van der Waals surface area contributed by atoms with E-state index in [-0.39, 0.29) is 0 Å². The van der Waals surface area contributed by atoms with Crippen LogP contribution >= 0.6 is 0 Å². The van der Waals surface area contributed by atoms with Crippen LogP contribution in [0.4, 0.5) is 0 Å². The van der Waals surface area contributed by atoms with E-state index in [1.807, 2.05) is 32.2 Å².